The van der Waals surface area contributed by atoms with Crippen molar-refractivity contribution >= 4 is 33.2 Å². The van der Waals surface area contributed by atoms with Crippen molar-refractivity contribution in [2.75, 3.05) is 18.3 Å². The SMILES string of the molecule is CCCCN(C)C(=O)c1cc(S(=O)(=O)Nc2ccc(F)cc2)ccc1Cl. The van der Waals surface area contributed by atoms with Crippen LogP contribution in [-0.2, 0) is 10.0 Å². The molecule has 0 aromatic heterocycles. The van der Waals surface area contributed by atoms with Crippen molar-refractivity contribution < 1.29 is 17.6 Å². The lowest BCUT2D eigenvalue weighted by Gasteiger charge is -2.18. The predicted octanol–water partition coefficient (Wildman–Crippen LogP) is 4.15. The van der Waals surface area contributed by atoms with Crippen molar-refractivity contribution in [3.05, 3.63) is 58.9 Å². The van der Waals surface area contributed by atoms with Gasteiger partial charge in [0.1, 0.15) is 5.82 Å². The summed E-state index contributed by atoms with van der Waals surface area (Å²) in [4.78, 5) is 13.9. The zero-order valence-electron chi connectivity index (χ0n) is 14.5. The van der Waals surface area contributed by atoms with Gasteiger partial charge in [-0.3, -0.25) is 9.52 Å². The highest BCUT2D eigenvalue weighted by Gasteiger charge is 2.20. The average molecular weight is 399 g/mol. The van der Waals surface area contributed by atoms with E-state index in [1.807, 2.05) is 6.92 Å². The normalized spacial score (nSPS) is 11.2. The van der Waals surface area contributed by atoms with Gasteiger partial charge in [-0.15, -0.1) is 0 Å². The third-order valence-corrected chi connectivity index (χ3v) is 5.48. The molecule has 2 aromatic carbocycles. The Morgan fingerprint density at radius 2 is 1.85 bits per heavy atom. The predicted molar refractivity (Wildman–Crippen MR) is 101 cm³/mol. The van der Waals surface area contributed by atoms with Crippen molar-refractivity contribution in [2.45, 2.75) is 24.7 Å². The number of amides is 1. The van der Waals surface area contributed by atoms with Gasteiger partial charge in [-0.25, -0.2) is 12.8 Å². The monoisotopic (exact) mass is 398 g/mol. The van der Waals surface area contributed by atoms with Gasteiger partial charge >= 0.3 is 0 Å². The molecule has 5 nitrogen and oxygen atoms in total. The molecule has 1 amide bonds. The average Bonchev–Trinajstić information content (AvgIpc) is 2.61. The van der Waals surface area contributed by atoms with E-state index in [0.717, 1.165) is 25.0 Å². The first-order chi connectivity index (χ1) is 12.2. The standard InChI is InChI=1S/C18H20ClFN2O3S/c1-3-4-11-22(2)18(23)16-12-15(9-10-17(16)19)26(24,25)21-14-7-5-13(20)6-8-14/h5-10,12,21H,3-4,11H2,1-2H3. The van der Waals surface area contributed by atoms with Crippen LogP contribution in [0.4, 0.5) is 10.1 Å². The Labute approximate surface area is 157 Å². The molecule has 0 saturated heterocycles. The lowest BCUT2D eigenvalue weighted by Crippen LogP contribution is -2.28. The minimum Gasteiger partial charge on any atom is -0.342 e. The van der Waals surface area contributed by atoms with E-state index in [-0.39, 0.29) is 27.1 Å². The van der Waals surface area contributed by atoms with Crippen molar-refractivity contribution in [2.24, 2.45) is 0 Å². The van der Waals surface area contributed by atoms with Crippen molar-refractivity contribution in [1.82, 2.24) is 4.90 Å². The highest BCUT2D eigenvalue weighted by Crippen LogP contribution is 2.24. The van der Waals surface area contributed by atoms with Gasteiger partial charge in [0, 0.05) is 19.3 Å². The fourth-order valence-electron chi connectivity index (χ4n) is 2.27. The number of unbranched alkanes of at least 4 members (excludes halogenated alkanes) is 1. The summed E-state index contributed by atoms with van der Waals surface area (Å²) in [5.74, 6) is -0.815. The van der Waals surface area contributed by atoms with Gasteiger partial charge in [-0.05, 0) is 48.9 Å². The molecule has 0 unspecified atom stereocenters. The molecule has 0 spiro atoms. The summed E-state index contributed by atoms with van der Waals surface area (Å²) in [7, 11) is -2.30. The number of hydrogen-bond acceptors (Lipinski definition) is 3. The second-order valence-electron chi connectivity index (χ2n) is 5.83. The molecule has 8 heteroatoms. The third kappa shape index (κ3) is 4.95. The van der Waals surface area contributed by atoms with Crippen LogP contribution in [0.2, 0.25) is 5.02 Å². The number of nitrogens with one attached hydrogen (secondary N) is 1. The number of hydrogen-bond donors (Lipinski definition) is 1. The van der Waals surface area contributed by atoms with Crippen LogP contribution in [0.25, 0.3) is 0 Å². The molecule has 0 radical (unpaired) electrons. The van der Waals surface area contributed by atoms with Crippen molar-refractivity contribution in [3.63, 3.8) is 0 Å². The third-order valence-electron chi connectivity index (χ3n) is 3.77. The largest absolute Gasteiger partial charge is 0.342 e. The molecule has 0 saturated carbocycles. The maximum atomic E-state index is 13.0. The van der Waals surface area contributed by atoms with Crippen LogP contribution in [0.5, 0.6) is 0 Å². The van der Waals surface area contributed by atoms with Gasteiger partial charge in [0.2, 0.25) is 0 Å². The molecule has 2 rings (SSSR count). The summed E-state index contributed by atoms with van der Waals surface area (Å²) in [5, 5.41) is 0.180. The Morgan fingerprint density at radius 1 is 1.19 bits per heavy atom. The molecule has 2 aromatic rings. The molecular formula is C18H20ClFN2O3S. The smallest absolute Gasteiger partial charge is 0.261 e. The molecule has 0 aliphatic rings. The van der Waals surface area contributed by atoms with E-state index in [9.17, 15) is 17.6 Å². The highest BCUT2D eigenvalue weighted by molar-refractivity contribution is 7.92. The Bertz CT molecular complexity index is 886. The second-order valence-corrected chi connectivity index (χ2v) is 7.92. The number of carbonyl (C=O) groups is 1. The summed E-state index contributed by atoms with van der Waals surface area (Å²) >= 11 is 6.09. The van der Waals surface area contributed by atoms with Crippen LogP contribution in [0.3, 0.4) is 0 Å². The Balaban J connectivity index is 2.29. The van der Waals surface area contributed by atoms with E-state index in [2.05, 4.69) is 4.72 Å². The number of nitrogens with zero attached hydrogens (tertiary/aromatic N) is 1. The summed E-state index contributed by atoms with van der Waals surface area (Å²) < 4.78 is 40.4. The van der Waals surface area contributed by atoms with Gasteiger partial charge in [-0.2, -0.15) is 0 Å². The van der Waals surface area contributed by atoms with Gasteiger partial charge in [0.25, 0.3) is 15.9 Å². The number of anilines is 1. The number of rotatable bonds is 7. The molecule has 0 bridgehead atoms. The van der Waals surface area contributed by atoms with E-state index >= 15 is 0 Å². The van der Waals surface area contributed by atoms with Crippen LogP contribution in [0.1, 0.15) is 30.1 Å². The Morgan fingerprint density at radius 3 is 2.46 bits per heavy atom. The molecule has 0 aliphatic heterocycles. The molecular weight excluding hydrogens is 379 g/mol. The first-order valence-electron chi connectivity index (χ1n) is 8.08. The number of benzene rings is 2. The van der Waals surface area contributed by atoms with Crippen LogP contribution in [0.15, 0.2) is 47.4 Å². The van der Waals surface area contributed by atoms with E-state index in [4.69, 9.17) is 11.6 Å². The zero-order chi connectivity index (χ0) is 19.3. The van der Waals surface area contributed by atoms with E-state index in [1.54, 1.807) is 7.05 Å². The van der Waals surface area contributed by atoms with Gasteiger partial charge in [-0.1, -0.05) is 24.9 Å². The lowest BCUT2D eigenvalue weighted by molar-refractivity contribution is 0.0793. The molecule has 140 valence electrons. The summed E-state index contributed by atoms with van der Waals surface area (Å²) in [6, 6.07) is 8.87. The Kier molecular flexibility index (Phi) is 6.61. The van der Waals surface area contributed by atoms with E-state index < -0.39 is 15.8 Å². The minimum absolute atomic E-state index is 0.0986. The molecule has 0 heterocycles. The lowest BCUT2D eigenvalue weighted by atomic mass is 10.2. The van der Waals surface area contributed by atoms with Crippen LogP contribution in [-0.4, -0.2) is 32.8 Å². The van der Waals surface area contributed by atoms with Crippen LogP contribution < -0.4 is 4.72 Å². The molecule has 0 atom stereocenters. The first kappa shape index (κ1) is 20.2. The molecule has 26 heavy (non-hydrogen) atoms. The number of sulfonamides is 1. The fourth-order valence-corrected chi connectivity index (χ4v) is 3.55. The second kappa shape index (κ2) is 8.51. The van der Waals surface area contributed by atoms with Crippen LogP contribution in [0, 0.1) is 5.82 Å². The molecule has 0 aliphatic carbocycles. The summed E-state index contributed by atoms with van der Waals surface area (Å²) in [6.07, 6.45) is 1.77. The molecule has 1 N–H and O–H groups in total. The van der Waals surface area contributed by atoms with Crippen LogP contribution >= 0.6 is 11.6 Å². The summed E-state index contributed by atoms with van der Waals surface area (Å²) in [6.45, 7) is 2.57. The highest BCUT2D eigenvalue weighted by atomic mass is 35.5. The minimum atomic E-state index is -3.94. The van der Waals surface area contributed by atoms with Gasteiger partial charge in [0.15, 0.2) is 0 Å². The topological polar surface area (TPSA) is 66.5 Å². The van der Waals surface area contributed by atoms with Crippen molar-refractivity contribution in [1.29, 1.82) is 0 Å². The zero-order valence-corrected chi connectivity index (χ0v) is 16.1. The summed E-state index contributed by atoms with van der Waals surface area (Å²) in [5.41, 5.74) is 0.335. The van der Waals surface area contributed by atoms with Crippen molar-refractivity contribution in [3.8, 4) is 0 Å². The van der Waals surface area contributed by atoms with E-state index in [0.29, 0.717) is 6.54 Å². The maximum Gasteiger partial charge on any atom is 0.261 e. The first-order valence-corrected chi connectivity index (χ1v) is 9.94. The fraction of sp³-hybridized carbons (Fsp3) is 0.278. The Hall–Kier alpha value is -2.12. The quantitative estimate of drug-likeness (QED) is 0.761. The van der Waals surface area contributed by atoms with Gasteiger partial charge in [0.05, 0.1) is 15.5 Å². The maximum absolute atomic E-state index is 13.0. The number of carbonyl (C=O) groups excluding carboxylic acids is 1. The number of halogens is 2. The van der Waals surface area contributed by atoms with E-state index in [1.165, 1.54) is 35.2 Å². The van der Waals surface area contributed by atoms with Gasteiger partial charge < -0.3 is 4.90 Å². The molecule has 0 fully saturated rings.